The number of hydrogen-bond donors (Lipinski definition) is 0. The highest BCUT2D eigenvalue weighted by molar-refractivity contribution is 6.04. The van der Waals surface area contributed by atoms with Gasteiger partial charge in [-0.25, -0.2) is 0 Å². The minimum absolute atomic E-state index is 0.0997. The fraction of sp³-hybridized carbons (Fsp3) is 0.533. The first kappa shape index (κ1) is 16.1. The van der Waals surface area contributed by atoms with E-state index in [1.54, 1.807) is 13.0 Å². The summed E-state index contributed by atoms with van der Waals surface area (Å²) < 4.78 is 20.4. The van der Waals surface area contributed by atoms with Gasteiger partial charge in [0.2, 0.25) is 0 Å². The van der Waals surface area contributed by atoms with Crippen LogP contribution in [0.3, 0.4) is 0 Å². The normalized spacial score (nSPS) is 20.7. The lowest BCUT2D eigenvalue weighted by atomic mass is 9.70. The average Bonchev–Trinajstić information content (AvgIpc) is 2.95. The third-order valence-electron chi connectivity index (χ3n) is 3.73. The van der Waals surface area contributed by atoms with E-state index >= 15 is 0 Å². The molecule has 1 aromatic rings. The van der Waals surface area contributed by atoms with E-state index in [0.717, 1.165) is 0 Å². The standard InChI is InChI=1S/C15H18O7/c1-5-15(13(18)19-4,9-7-6-8-20-9)10-11(16)21-14(2,3)22-12(10)17/h6-8,10H,5H2,1-4H3/t15-/m1/s1. The van der Waals surface area contributed by atoms with Gasteiger partial charge in [0.1, 0.15) is 11.2 Å². The van der Waals surface area contributed by atoms with Crippen LogP contribution in [0.15, 0.2) is 22.8 Å². The SMILES string of the molecule is CC[C@@](C(=O)OC)(c1ccco1)C1C(=O)OC(C)(C)OC1=O. The van der Waals surface area contributed by atoms with Gasteiger partial charge in [-0.15, -0.1) is 0 Å². The topological polar surface area (TPSA) is 92.0 Å². The van der Waals surface area contributed by atoms with Crippen LogP contribution in [-0.4, -0.2) is 30.8 Å². The van der Waals surface area contributed by atoms with Crippen molar-refractivity contribution in [3.8, 4) is 0 Å². The molecule has 1 fully saturated rings. The van der Waals surface area contributed by atoms with Crippen molar-refractivity contribution in [1.29, 1.82) is 0 Å². The fourth-order valence-electron chi connectivity index (χ4n) is 2.72. The summed E-state index contributed by atoms with van der Waals surface area (Å²) in [5, 5.41) is 0. The van der Waals surface area contributed by atoms with Gasteiger partial charge in [0.05, 0.1) is 13.4 Å². The van der Waals surface area contributed by atoms with E-state index in [2.05, 4.69) is 0 Å². The van der Waals surface area contributed by atoms with Crippen LogP contribution in [0.4, 0.5) is 0 Å². The summed E-state index contributed by atoms with van der Waals surface area (Å²) in [5.74, 6) is -5.15. The second-order valence-electron chi connectivity index (χ2n) is 5.47. The number of ether oxygens (including phenoxy) is 3. The molecule has 7 nitrogen and oxygen atoms in total. The van der Waals surface area contributed by atoms with E-state index in [1.807, 2.05) is 0 Å². The molecule has 1 aliphatic rings. The third kappa shape index (κ3) is 2.36. The molecule has 2 rings (SSSR count). The Kier molecular flexibility index (Phi) is 4.00. The van der Waals surface area contributed by atoms with Crippen molar-refractivity contribution in [2.75, 3.05) is 7.11 Å². The Morgan fingerprint density at radius 3 is 2.32 bits per heavy atom. The fourth-order valence-corrected chi connectivity index (χ4v) is 2.72. The molecular formula is C15H18O7. The summed E-state index contributed by atoms with van der Waals surface area (Å²) in [6.45, 7) is 4.54. The Bertz CT molecular complexity index is 567. The van der Waals surface area contributed by atoms with E-state index in [1.165, 1.54) is 33.3 Å². The first-order chi connectivity index (χ1) is 10.3. The van der Waals surface area contributed by atoms with E-state index in [9.17, 15) is 14.4 Å². The molecule has 0 aliphatic carbocycles. The zero-order valence-electron chi connectivity index (χ0n) is 12.9. The summed E-state index contributed by atoms with van der Waals surface area (Å²) in [5.41, 5.74) is -1.62. The monoisotopic (exact) mass is 310 g/mol. The number of esters is 3. The van der Waals surface area contributed by atoms with Gasteiger partial charge in [-0.2, -0.15) is 0 Å². The molecule has 120 valence electrons. The zero-order chi connectivity index (χ0) is 16.5. The quantitative estimate of drug-likeness (QED) is 0.615. The Balaban J connectivity index is 2.57. The molecule has 0 N–H and O–H groups in total. The minimum atomic E-state index is -1.62. The molecular weight excluding hydrogens is 292 g/mol. The molecule has 0 aromatic carbocycles. The molecule has 1 atom stereocenters. The number of methoxy groups -OCH3 is 1. The molecule has 1 aromatic heterocycles. The first-order valence-corrected chi connectivity index (χ1v) is 6.86. The number of hydrogen-bond acceptors (Lipinski definition) is 7. The number of cyclic esters (lactones) is 2. The largest absolute Gasteiger partial charge is 0.468 e. The third-order valence-corrected chi connectivity index (χ3v) is 3.73. The zero-order valence-corrected chi connectivity index (χ0v) is 12.9. The van der Waals surface area contributed by atoms with Crippen molar-refractivity contribution in [2.24, 2.45) is 5.92 Å². The predicted molar refractivity (Wildman–Crippen MR) is 72.4 cm³/mol. The van der Waals surface area contributed by atoms with E-state index < -0.39 is 35.0 Å². The number of furan rings is 1. The van der Waals surface area contributed by atoms with Crippen molar-refractivity contribution in [1.82, 2.24) is 0 Å². The molecule has 0 amide bonds. The van der Waals surface area contributed by atoms with Crippen LogP contribution in [0.5, 0.6) is 0 Å². The van der Waals surface area contributed by atoms with Crippen LogP contribution in [0.2, 0.25) is 0 Å². The number of rotatable bonds is 4. The van der Waals surface area contributed by atoms with Crippen LogP contribution < -0.4 is 0 Å². The molecule has 7 heteroatoms. The van der Waals surface area contributed by atoms with E-state index in [0.29, 0.717) is 0 Å². The average molecular weight is 310 g/mol. The summed E-state index contributed by atoms with van der Waals surface area (Å²) in [4.78, 5) is 37.2. The molecule has 0 bridgehead atoms. The van der Waals surface area contributed by atoms with Crippen molar-refractivity contribution in [2.45, 2.75) is 38.4 Å². The van der Waals surface area contributed by atoms with Gasteiger partial charge in [-0.1, -0.05) is 6.92 Å². The van der Waals surface area contributed by atoms with Crippen LogP contribution in [0, 0.1) is 5.92 Å². The second-order valence-corrected chi connectivity index (χ2v) is 5.47. The molecule has 0 unspecified atom stereocenters. The minimum Gasteiger partial charge on any atom is -0.468 e. The highest BCUT2D eigenvalue weighted by atomic mass is 16.7. The summed E-state index contributed by atoms with van der Waals surface area (Å²) in [6.07, 6.45) is 1.45. The van der Waals surface area contributed by atoms with Gasteiger partial charge in [0.15, 0.2) is 5.92 Å². The van der Waals surface area contributed by atoms with Crippen molar-refractivity contribution in [3.05, 3.63) is 24.2 Å². The summed E-state index contributed by atoms with van der Waals surface area (Å²) in [7, 11) is 1.18. The lowest BCUT2D eigenvalue weighted by Crippen LogP contribution is -2.57. The molecule has 1 saturated heterocycles. The number of carbonyl (C=O) groups excluding carboxylic acids is 3. The van der Waals surface area contributed by atoms with Crippen LogP contribution in [0.1, 0.15) is 33.0 Å². The van der Waals surface area contributed by atoms with Gasteiger partial charge in [0.25, 0.3) is 5.79 Å². The maximum absolute atomic E-state index is 12.4. The molecule has 0 saturated carbocycles. The molecule has 22 heavy (non-hydrogen) atoms. The summed E-state index contributed by atoms with van der Waals surface area (Å²) >= 11 is 0. The Hall–Kier alpha value is -2.31. The van der Waals surface area contributed by atoms with Gasteiger partial charge in [0, 0.05) is 13.8 Å². The smallest absolute Gasteiger partial charge is 0.325 e. The van der Waals surface area contributed by atoms with Gasteiger partial charge in [-0.05, 0) is 18.6 Å². The Morgan fingerprint density at radius 2 is 1.91 bits per heavy atom. The maximum atomic E-state index is 12.4. The van der Waals surface area contributed by atoms with Crippen molar-refractivity contribution in [3.63, 3.8) is 0 Å². The van der Waals surface area contributed by atoms with Crippen LogP contribution in [0.25, 0.3) is 0 Å². The second kappa shape index (κ2) is 5.47. The Labute approximate surface area is 127 Å². The van der Waals surface area contributed by atoms with Gasteiger partial charge < -0.3 is 18.6 Å². The van der Waals surface area contributed by atoms with Gasteiger partial charge >= 0.3 is 17.9 Å². The molecule has 0 radical (unpaired) electrons. The van der Waals surface area contributed by atoms with E-state index in [-0.39, 0.29) is 12.2 Å². The highest BCUT2D eigenvalue weighted by Gasteiger charge is 2.61. The Morgan fingerprint density at radius 1 is 1.32 bits per heavy atom. The lowest BCUT2D eigenvalue weighted by Gasteiger charge is -2.39. The lowest BCUT2D eigenvalue weighted by molar-refractivity contribution is -0.245. The van der Waals surface area contributed by atoms with Gasteiger partial charge in [-0.3, -0.25) is 14.4 Å². The van der Waals surface area contributed by atoms with Crippen molar-refractivity contribution >= 4 is 17.9 Å². The summed E-state index contributed by atoms with van der Waals surface area (Å²) in [6, 6.07) is 3.08. The van der Waals surface area contributed by atoms with Crippen molar-refractivity contribution < 1.29 is 33.0 Å². The van der Waals surface area contributed by atoms with Crippen LogP contribution in [-0.2, 0) is 34.0 Å². The predicted octanol–water partition coefficient (Wildman–Crippen LogP) is 1.55. The maximum Gasteiger partial charge on any atom is 0.325 e. The first-order valence-electron chi connectivity index (χ1n) is 6.86. The molecule has 1 aliphatic heterocycles. The van der Waals surface area contributed by atoms with E-state index in [4.69, 9.17) is 18.6 Å². The number of carbonyl (C=O) groups is 3. The highest BCUT2D eigenvalue weighted by Crippen LogP contribution is 2.42. The molecule has 0 spiro atoms. The molecule has 2 heterocycles. The van der Waals surface area contributed by atoms with Crippen LogP contribution >= 0.6 is 0 Å².